The van der Waals surface area contributed by atoms with Crippen molar-refractivity contribution in [3.05, 3.63) is 59.2 Å². The van der Waals surface area contributed by atoms with E-state index in [0.29, 0.717) is 11.4 Å². The number of benzene rings is 2. The number of para-hydroxylation sites is 1. The molecule has 0 fully saturated rings. The number of rotatable bonds is 6. The molecule has 0 aliphatic rings. The number of nitrogens with zero attached hydrogens (tertiary/aromatic N) is 3. The van der Waals surface area contributed by atoms with Gasteiger partial charge in [0.05, 0.1) is 38.3 Å². The lowest BCUT2D eigenvalue weighted by atomic mass is 10.1. The van der Waals surface area contributed by atoms with Crippen molar-refractivity contribution in [3.8, 4) is 17.2 Å². The SMILES string of the molecule is COC(=O)c1cc(OC)c(OC)cc1NC(=O)c1nnn(-c2ccccc2F)c1C. The minimum absolute atomic E-state index is 0.0381. The van der Waals surface area contributed by atoms with Gasteiger partial charge in [-0.05, 0) is 19.1 Å². The number of anilines is 1. The number of hydrogen-bond acceptors (Lipinski definition) is 7. The van der Waals surface area contributed by atoms with Crippen LogP contribution in [0, 0.1) is 12.7 Å². The van der Waals surface area contributed by atoms with Crippen molar-refractivity contribution in [2.75, 3.05) is 26.6 Å². The second-order valence-corrected chi connectivity index (χ2v) is 6.09. The molecule has 0 unspecified atom stereocenters. The molecule has 0 atom stereocenters. The highest BCUT2D eigenvalue weighted by Crippen LogP contribution is 2.34. The maximum absolute atomic E-state index is 14.1. The molecule has 0 aliphatic heterocycles. The first-order valence-corrected chi connectivity index (χ1v) is 8.74. The Hall–Kier alpha value is -3.95. The molecule has 2 aromatic carbocycles. The van der Waals surface area contributed by atoms with Crippen LogP contribution in [-0.2, 0) is 4.74 Å². The van der Waals surface area contributed by atoms with Crippen LogP contribution in [0.3, 0.4) is 0 Å². The van der Waals surface area contributed by atoms with E-state index in [0.717, 1.165) is 0 Å². The highest BCUT2D eigenvalue weighted by Gasteiger charge is 2.23. The molecule has 3 aromatic rings. The van der Waals surface area contributed by atoms with Crippen LogP contribution in [0.1, 0.15) is 26.5 Å². The zero-order valence-corrected chi connectivity index (χ0v) is 16.7. The summed E-state index contributed by atoms with van der Waals surface area (Å²) in [7, 11) is 4.06. The summed E-state index contributed by atoms with van der Waals surface area (Å²) in [4.78, 5) is 25.0. The Labute approximate surface area is 171 Å². The number of carbonyl (C=O) groups is 2. The minimum atomic E-state index is -0.682. The molecule has 0 spiro atoms. The zero-order valence-electron chi connectivity index (χ0n) is 16.7. The van der Waals surface area contributed by atoms with Gasteiger partial charge in [-0.1, -0.05) is 17.3 Å². The largest absolute Gasteiger partial charge is 0.493 e. The van der Waals surface area contributed by atoms with E-state index in [4.69, 9.17) is 14.2 Å². The number of methoxy groups -OCH3 is 3. The monoisotopic (exact) mass is 414 g/mol. The summed E-state index contributed by atoms with van der Waals surface area (Å²) in [6, 6.07) is 8.81. The summed E-state index contributed by atoms with van der Waals surface area (Å²) >= 11 is 0. The zero-order chi connectivity index (χ0) is 21.8. The lowest BCUT2D eigenvalue weighted by Crippen LogP contribution is -2.17. The van der Waals surface area contributed by atoms with Gasteiger partial charge < -0.3 is 19.5 Å². The number of carbonyl (C=O) groups excluding carboxylic acids is 2. The van der Waals surface area contributed by atoms with E-state index < -0.39 is 17.7 Å². The van der Waals surface area contributed by atoms with Crippen molar-refractivity contribution in [1.29, 1.82) is 0 Å². The van der Waals surface area contributed by atoms with E-state index in [1.54, 1.807) is 19.1 Å². The molecule has 0 bridgehead atoms. The summed E-state index contributed by atoms with van der Waals surface area (Å²) in [6.45, 7) is 1.58. The normalized spacial score (nSPS) is 10.4. The third-order valence-corrected chi connectivity index (χ3v) is 4.37. The van der Waals surface area contributed by atoms with E-state index >= 15 is 0 Å². The van der Waals surface area contributed by atoms with Crippen LogP contribution in [0.15, 0.2) is 36.4 Å². The van der Waals surface area contributed by atoms with Gasteiger partial charge in [0, 0.05) is 12.1 Å². The predicted octanol–water partition coefficient (Wildman–Crippen LogP) is 2.77. The molecular weight excluding hydrogens is 395 g/mol. The number of ether oxygens (including phenoxy) is 3. The van der Waals surface area contributed by atoms with Crippen molar-refractivity contribution in [2.24, 2.45) is 0 Å². The first-order valence-electron chi connectivity index (χ1n) is 8.74. The van der Waals surface area contributed by atoms with Gasteiger partial charge in [0.2, 0.25) is 0 Å². The molecule has 10 heteroatoms. The molecule has 1 aromatic heterocycles. The highest BCUT2D eigenvalue weighted by molar-refractivity contribution is 6.08. The molecule has 0 saturated carbocycles. The van der Waals surface area contributed by atoms with Gasteiger partial charge in [-0.2, -0.15) is 0 Å². The Bertz CT molecular complexity index is 1110. The van der Waals surface area contributed by atoms with Crippen LogP contribution in [0.2, 0.25) is 0 Å². The lowest BCUT2D eigenvalue weighted by molar-refractivity contribution is 0.0601. The molecule has 156 valence electrons. The van der Waals surface area contributed by atoms with Gasteiger partial charge in [-0.3, -0.25) is 4.79 Å². The quantitative estimate of drug-likeness (QED) is 0.619. The summed E-state index contributed by atoms with van der Waals surface area (Å²) < 4.78 is 30.5. The molecule has 1 amide bonds. The average Bonchev–Trinajstić information content (AvgIpc) is 3.14. The van der Waals surface area contributed by atoms with Crippen LogP contribution in [0.4, 0.5) is 10.1 Å². The summed E-state index contributed by atoms with van der Waals surface area (Å²) in [6.07, 6.45) is 0. The van der Waals surface area contributed by atoms with Gasteiger partial charge in [0.1, 0.15) is 11.5 Å². The smallest absolute Gasteiger partial charge is 0.340 e. The Balaban J connectivity index is 1.99. The fraction of sp³-hybridized carbons (Fsp3) is 0.200. The first kappa shape index (κ1) is 20.8. The van der Waals surface area contributed by atoms with Crippen molar-refractivity contribution in [1.82, 2.24) is 15.0 Å². The summed E-state index contributed by atoms with van der Waals surface area (Å²) in [5, 5.41) is 10.3. The van der Waals surface area contributed by atoms with E-state index in [1.165, 1.54) is 50.3 Å². The fourth-order valence-corrected chi connectivity index (χ4v) is 2.83. The van der Waals surface area contributed by atoms with Gasteiger partial charge in [0.25, 0.3) is 5.91 Å². The highest BCUT2D eigenvalue weighted by atomic mass is 19.1. The third-order valence-electron chi connectivity index (χ3n) is 4.37. The Morgan fingerprint density at radius 3 is 2.37 bits per heavy atom. The predicted molar refractivity (Wildman–Crippen MR) is 105 cm³/mol. The second kappa shape index (κ2) is 8.60. The van der Waals surface area contributed by atoms with Crippen molar-refractivity contribution in [3.63, 3.8) is 0 Å². The number of aromatic nitrogens is 3. The van der Waals surface area contributed by atoms with Gasteiger partial charge in [-0.25, -0.2) is 13.9 Å². The molecular formula is C20H19FN4O5. The van der Waals surface area contributed by atoms with Crippen molar-refractivity contribution in [2.45, 2.75) is 6.92 Å². The van der Waals surface area contributed by atoms with E-state index in [9.17, 15) is 14.0 Å². The van der Waals surface area contributed by atoms with Crippen LogP contribution < -0.4 is 14.8 Å². The maximum atomic E-state index is 14.1. The molecule has 9 nitrogen and oxygen atoms in total. The topological polar surface area (TPSA) is 105 Å². The molecule has 0 aliphatic carbocycles. The fourth-order valence-electron chi connectivity index (χ4n) is 2.83. The minimum Gasteiger partial charge on any atom is -0.493 e. The molecule has 0 radical (unpaired) electrons. The Kier molecular flexibility index (Phi) is 5.95. The number of nitrogens with one attached hydrogen (secondary N) is 1. The molecule has 1 heterocycles. The van der Waals surface area contributed by atoms with Gasteiger partial charge >= 0.3 is 5.97 Å². The molecule has 30 heavy (non-hydrogen) atoms. The first-order chi connectivity index (χ1) is 14.4. The molecule has 3 rings (SSSR count). The number of esters is 1. The second-order valence-electron chi connectivity index (χ2n) is 6.09. The van der Waals surface area contributed by atoms with Crippen molar-refractivity contribution >= 4 is 17.6 Å². The van der Waals surface area contributed by atoms with Crippen LogP contribution >= 0.6 is 0 Å². The number of halogens is 1. The Morgan fingerprint density at radius 2 is 1.73 bits per heavy atom. The summed E-state index contributed by atoms with van der Waals surface area (Å²) in [5.41, 5.74) is 0.622. The van der Waals surface area contributed by atoms with E-state index in [1.807, 2.05) is 0 Å². The summed E-state index contributed by atoms with van der Waals surface area (Å²) in [5.74, 6) is -1.25. The van der Waals surface area contributed by atoms with Crippen LogP contribution in [0.25, 0.3) is 5.69 Å². The average molecular weight is 414 g/mol. The van der Waals surface area contributed by atoms with Crippen LogP contribution in [0.5, 0.6) is 11.5 Å². The molecule has 1 N–H and O–H groups in total. The Morgan fingerprint density at radius 1 is 1.07 bits per heavy atom. The number of hydrogen-bond donors (Lipinski definition) is 1. The maximum Gasteiger partial charge on any atom is 0.340 e. The number of amides is 1. The lowest BCUT2D eigenvalue weighted by Gasteiger charge is -2.14. The van der Waals surface area contributed by atoms with Crippen molar-refractivity contribution < 1.29 is 28.2 Å². The van der Waals surface area contributed by atoms with Gasteiger partial charge in [0.15, 0.2) is 17.2 Å². The van der Waals surface area contributed by atoms with E-state index in [2.05, 4.69) is 15.6 Å². The molecule has 0 saturated heterocycles. The van der Waals surface area contributed by atoms with E-state index in [-0.39, 0.29) is 28.4 Å². The third kappa shape index (κ3) is 3.79. The van der Waals surface area contributed by atoms with Gasteiger partial charge in [-0.15, -0.1) is 5.10 Å². The standard InChI is InChI=1S/C20H19FN4O5/c1-11-18(23-24-25(11)15-8-6-5-7-13(15)21)19(26)22-14-10-17(29-3)16(28-2)9-12(14)20(27)30-4/h5-10H,1-4H3,(H,22,26). The van der Waals surface area contributed by atoms with Crippen LogP contribution in [-0.4, -0.2) is 48.2 Å².